The molecule has 2 fully saturated rings. The summed E-state index contributed by atoms with van der Waals surface area (Å²) >= 11 is 6.09. The highest BCUT2D eigenvalue weighted by Crippen LogP contribution is 2.33. The van der Waals surface area contributed by atoms with Crippen LogP contribution in [0.15, 0.2) is 22.6 Å². The van der Waals surface area contributed by atoms with Crippen LogP contribution in [0.4, 0.5) is 0 Å². The normalized spacial score (nSPS) is 20.4. The number of furan rings is 1. The second kappa shape index (κ2) is 8.44. The molecule has 1 amide bonds. The van der Waals surface area contributed by atoms with E-state index in [0.29, 0.717) is 22.9 Å². The van der Waals surface area contributed by atoms with Gasteiger partial charge in [0.25, 0.3) is 5.91 Å². The highest BCUT2D eigenvalue weighted by molar-refractivity contribution is 6.31. The minimum absolute atomic E-state index is 0.0779. The van der Waals surface area contributed by atoms with Gasteiger partial charge in [-0.1, -0.05) is 18.0 Å². The molecule has 4 rings (SSSR count). The molecule has 1 aromatic carbocycles. The van der Waals surface area contributed by atoms with Crippen molar-refractivity contribution in [2.75, 3.05) is 39.4 Å². The van der Waals surface area contributed by atoms with Crippen LogP contribution in [0.2, 0.25) is 5.02 Å². The number of likely N-dealkylation sites (tertiary alicyclic amines) is 1. The Morgan fingerprint density at radius 1 is 1.21 bits per heavy atom. The molecule has 5 nitrogen and oxygen atoms in total. The van der Waals surface area contributed by atoms with E-state index in [1.54, 1.807) is 6.07 Å². The van der Waals surface area contributed by atoms with Crippen LogP contribution in [0.3, 0.4) is 0 Å². The number of aryl methyl sites for hydroxylation is 1. The molecular formula is C22H29ClN2O3. The fraction of sp³-hybridized carbons (Fsp3) is 0.591. The maximum atomic E-state index is 12.9. The fourth-order valence-corrected chi connectivity index (χ4v) is 4.72. The van der Waals surface area contributed by atoms with E-state index in [1.807, 2.05) is 19.1 Å². The number of carbonyl (C=O) groups is 1. The summed E-state index contributed by atoms with van der Waals surface area (Å²) in [6.45, 7) is 7.47. The van der Waals surface area contributed by atoms with E-state index < -0.39 is 0 Å². The van der Waals surface area contributed by atoms with Gasteiger partial charge in [0.15, 0.2) is 5.76 Å². The lowest BCUT2D eigenvalue weighted by molar-refractivity contribution is -0.00682. The number of rotatable bonds is 5. The number of piperidine rings is 1. The molecule has 2 saturated heterocycles. The Hall–Kier alpha value is -1.56. The topological polar surface area (TPSA) is 54.7 Å². The summed E-state index contributed by atoms with van der Waals surface area (Å²) in [7, 11) is 0. The molecule has 152 valence electrons. The number of carbonyl (C=O) groups excluding carboxylic acids is 1. The van der Waals surface area contributed by atoms with Gasteiger partial charge < -0.3 is 19.4 Å². The monoisotopic (exact) mass is 404 g/mol. The van der Waals surface area contributed by atoms with Gasteiger partial charge >= 0.3 is 0 Å². The van der Waals surface area contributed by atoms with Crippen molar-refractivity contribution >= 4 is 28.5 Å². The van der Waals surface area contributed by atoms with Gasteiger partial charge in [-0.3, -0.25) is 4.79 Å². The Balaban J connectivity index is 1.47. The zero-order valence-corrected chi connectivity index (χ0v) is 17.3. The summed E-state index contributed by atoms with van der Waals surface area (Å²) in [6.07, 6.45) is 5.86. The Morgan fingerprint density at radius 3 is 2.71 bits per heavy atom. The standard InChI is InChI=1S/C22H29ClN2O3/c1-16-18-13-17(23)5-6-19(18)28-20(16)21(26)24-14-22(7-11-27-12-8-22)15-25-9-3-2-4-10-25/h5-6,13H,2-4,7-12,14-15H2,1H3,(H,24,26). The Bertz CT molecular complexity index is 836. The van der Waals surface area contributed by atoms with Crippen molar-refractivity contribution in [1.82, 2.24) is 10.2 Å². The molecule has 0 atom stereocenters. The summed E-state index contributed by atoms with van der Waals surface area (Å²) in [5.41, 5.74) is 1.61. The second-order valence-corrected chi connectivity index (χ2v) is 8.76. The second-order valence-electron chi connectivity index (χ2n) is 8.33. The molecule has 0 unspecified atom stereocenters. The van der Waals surface area contributed by atoms with Gasteiger partial charge in [0.1, 0.15) is 5.58 Å². The van der Waals surface area contributed by atoms with E-state index in [1.165, 1.54) is 32.4 Å². The van der Waals surface area contributed by atoms with Crippen LogP contribution < -0.4 is 5.32 Å². The first-order valence-electron chi connectivity index (χ1n) is 10.3. The molecule has 0 radical (unpaired) electrons. The molecule has 0 saturated carbocycles. The number of nitrogens with zero attached hydrogens (tertiary/aromatic N) is 1. The van der Waals surface area contributed by atoms with E-state index in [-0.39, 0.29) is 11.3 Å². The van der Waals surface area contributed by atoms with Crippen molar-refractivity contribution in [2.24, 2.45) is 5.41 Å². The van der Waals surface area contributed by atoms with E-state index >= 15 is 0 Å². The zero-order valence-electron chi connectivity index (χ0n) is 16.6. The van der Waals surface area contributed by atoms with E-state index in [9.17, 15) is 4.79 Å². The molecule has 0 bridgehead atoms. The number of hydrogen-bond donors (Lipinski definition) is 1. The molecule has 2 aliphatic heterocycles. The summed E-state index contributed by atoms with van der Waals surface area (Å²) in [4.78, 5) is 15.5. The van der Waals surface area contributed by atoms with Crippen LogP contribution in [0.25, 0.3) is 11.0 Å². The van der Waals surface area contributed by atoms with Crippen LogP contribution in [-0.4, -0.2) is 50.2 Å². The van der Waals surface area contributed by atoms with Crippen molar-refractivity contribution in [3.8, 4) is 0 Å². The third kappa shape index (κ3) is 4.22. The highest BCUT2D eigenvalue weighted by atomic mass is 35.5. The number of amides is 1. The summed E-state index contributed by atoms with van der Waals surface area (Å²) < 4.78 is 11.4. The number of fused-ring (bicyclic) bond motifs is 1. The van der Waals surface area contributed by atoms with Crippen LogP contribution in [0.5, 0.6) is 0 Å². The minimum Gasteiger partial charge on any atom is -0.451 e. The summed E-state index contributed by atoms with van der Waals surface area (Å²) in [5.74, 6) is 0.242. The first kappa shape index (κ1) is 19.7. The summed E-state index contributed by atoms with van der Waals surface area (Å²) in [6, 6.07) is 5.45. The van der Waals surface area contributed by atoms with Crippen LogP contribution >= 0.6 is 11.6 Å². The highest BCUT2D eigenvalue weighted by Gasteiger charge is 2.35. The molecule has 6 heteroatoms. The van der Waals surface area contributed by atoms with E-state index in [4.69, 9.17) is 20.8 Å². The molecular weight excluding hydrogens is 376 g/mol. The Labute approximate surface area is 171 Å². The smallest absolute Gasteiger partial charge is 0.287 e. The summed E-state index contributed by atoms with van der Waals surface area (Å²) in [5, 5.41) is 4.71. The molecule has 3 heterocycles. The molecule has 28 heavy (non-hydrogen) atoms. The maximum absolute atomic E-state index is 12.9. The van der Waals surface area contributed by atoms with Gasteiger partial charge in [-0.25, -0.2) is 0 Å². The van der Waals surface area contributed by atoms with Gasteiger partial charge in [0.05, 0.1) is 0 Å². The Kier molecular flexibility index (Phi) is 5.95. The molecule has 2 aliphatic rings. The van der Waals surface area contributed by atoms with Gasteiger partial charge in [-0.05, 0) is 63.9 Å². The average molecular weight is 405 g/mol. The molecule has 1 N–H and O–H groups in total. The van der Waals surface area contributed by atoms with Crippen molar-refractivity contribution in [3.63, 3.8) is 0 Å². The van der Waals surface area contributed by atoms with Crippen molar-refractivity contribution in [2.45, 2.75) is 39.0 Å². The van der Waals surface area contributed by atoms with Gasteiger partial charge in [0.2, 0.25) is 0 Å². The first-order chi connectivity index (χ1) is 13.6. The quantitative estimate of drug-likeness (QED) is 0.802. The van der Waals surface area contributed by atoms with Gasteiger partial charge in [-0.15, -0.1) is 0 Å². The molecule has 0 spiro atoms. The van der Waals surface area contributed by atoms with E-state index in [0.717, 1.165) is 43.5 Å². The minimum atomic E-state index is -0.144. The van der Waals surface area contributed by atoms with Crippen LogP contribution in [0, 0.1) is 12.3 Å². The number of ether oxygens (including phenoxy) is 1. The first-order valence-corrected chi connectivity index (χ1v) is 10.7. The van der Waals surface area contributed by atoms with Crippen LogP contribution in [-0.2, 0) is 4.74 Å². The molecule has 0 aliphatic carbocycles. The number of halogens is 1. The maximum Gasteiger partial charge on any atom is 0.287 e. The molecule has 2 aromatic rings. The zero-order chi connectivity index (χ0) is 19.6. The molecule has 1 aromatic heterocycles. The largest absolute Gasteiger partial charge is 0.451 e. The van der Waals surface area contributed by atoms with Crippen molar-refractivity contribution in [3.05, 3.63) is 34.5 Å². The van der Waals surface area contributed by atoms with E-state index in [2.05, 4.69) is 10.2 Å². The lowest BCUT2D eigenvalue weighted by Crippen LogP contribution is -2.49. The number of hydrogen-bond acceptors (Lipinski definition) is 4. The predicted octanol–water partition coefficient (Wildman–Crippen LogP) is 4.41. The fourth-order valence-electron chi connectivity index (χ4n) is 4.54. The number of benzene rings is 1. The Morgan fingerprint density at radius 2 is 1.96 bits per heavy atom. The average Bonchev–Trinajstić information content (AvgIpc) is 3.04. The lowest BCUT2D eigenvalue weighted by atomic mass is 9.79. The van der Waals surface area contributed by atoms with Crippen LogP contribution in [0.1, 0.15) is 48.2 Å². The van der Waals surface area contributed by atoms with Gasteiger partial charge in [0, 0.05) is 47.7 Å². The van der Waals surface area contributed by atoms with Crippen molar-refractivity contribution < 1.29 is 13.9 Å². The SMILES string of the molecule is Cc1c(C(=O)NCC2(CN3CCCCC3)CCOCC2)oc2ccc(Cl)cc12. The van der Waals surface area contributed by atoms with Crippen molar-refractivity contribution in [1.29, 1.82) is 0 Å². The third-order valence-electron chi connectivity index (χ3n) is 6.29. The third-order valence-corrected chi connectivity index (χ3v) is 6.52. The number of nitrogens with one attached hydrogen (secondary N) is 1. The lowest BCUT2D eigenvalue weighted by Gasteiger charge is -2.42. The van der Waals surface area contributed by atoms with Gasteiger partial charge in [-0.2, -0.15) is 0 Å². The predicted molar refractivity (Wildman–Crippen MR) is 111 cm³/mol.